The van der Waals surface area contributed by atoms with E-state index in [1.807, 2.05) is 42.6 Å². The summed E-state index contributed by atoms with van der Waals surface area (Å²) >= 11 is 0. The van der Waals surface area contributed by atoms with Crippen LogP contribution < -0.4 is 9.47 Å². The molecule has 0 aliphatic heterocycles. The number of nitrogens with zero attached hydrogens (tertiary/aromatic N) is 1. The number of ketones is 1. The number of benzene rings is 1. The molecule has 0 unspecified atom stereocenters. The summed E-state index contributed by atoms with van der Waals surface area (Å²) in [6.45, 7) is 0. The van der Waals surface area contributed by atoms with E-state index in [-0.39, 0.29) is 5.78 Å². The van der Waals surface area contributed by atoms with Crippen molar-refractivity contribution in [2.24, 2.45) is 0 Å². The maximum atomic E-state index is 12.0. The van der Waals surface area contributed by atoms with E-state index in [4.69, 9.17) is 9.47 Å². The van der Waals surface area contributed by atoms with Crippen LogP contribution in [-0.2, 0) is 17.6 Å². The Hall–Kier alpha value is -2.62. The molecule has 0 aliphatic rings. The lowest BCUT2D eigenvalue weighted by Crippen LogP contribution is -1.98. The molecular weight excluding hydrogens is 302 g/mol. The predicted octanol–water partition coefficient (Wildman–Crippen LogP) is 3.79. The summed E-state index contributed by atoms with van der Waals surface area (Å²) in [5.41, 5.74) is 2.24. The lowest BCUT2D eigenvalue weighted by atomic mass is 10.1. The average molecular weight is 325 g/mol. The summed E-state index contributed by atoms with van der Waals surface area (Å²) in [5, 5.41) is 0. The van der Waals surface area contributed by atoms with Crippen LogP contribution in [0.4, 0.5) is 0 Å². The number of methoxy groups -OCH3 is 2. The fourth-order valence-electron chi connectivity index (χ4n) is 2.40. The fourth-order valence-corrected chi connectivity index (χ4v) is 2.40. The minimum absolute atomic E-state index is 0.135. The summed E-state index contributed by atoms with van der Waals surface area (Å²) in [4.78, 5) is 16.0. The van der Waals surface area contributed by atoms with Gasteiger partial charge in [-0.05, 0) is 54.7 Å². The van der Waals surface area contributed by atoms with Gasteiger partial charge in [0.15, 0.2) is 17.3 Å². The van der Waals surface area contributed by atoms with Crippen molar-refractivity contribution in [2.45, 2.75) is 25.7 Å². The first-order valence-electron chi connectivity index (χ1n) is 8.02. The predicted molar refractivity (Wildman–Crippen MR) is 94.6 cm³/mol. The van der Waals surface area contributed by atoms with Crippen LogP contribution >= 0.6 is 0 Å². The molecular formula is C20H23NO3. The van der Waals surface area contributed by atoms with Crippen molar-refractivity contribution in [1.29, 1.82) is 0 Å². The van der Waals surface area contributed by atoms with Crippen LogP contribution in [0.5, 0.6) is 11.5 Å². The van der Waals surface area contributed by atoms with Crippen LogP contribution in [0.1, 0.15) is 24.0 Å². The molecule has 1 aromatic heterocycles. The van der Waals surface area contributed by atoms with E-state index in [0.717, 1.165) is 18.4 Å². The van der Waals surface area contributed by atoms with Crippen LogP contribution in [0.3, 0.4) is 0 Å². The van der Waals surface area contributed by atoms with Gasteiger partial charge in [-0.25, -0.2) is 0 Å². The second-order valence-corrected chi connectivity index (χ2v) is 5.46. The standard InChI is InChI=1S/C20H23NO3/c1-23-19-12-10-16(14-20(19)24-2)9-11-18(22)8-4-3-6-17-7-5-13-21-15-17/h4-5,7-8,10,12-15H,3,6,9,11H2,1-2H3/b8-4+. The first-order valence-corrected chi connectivity index (χ1v) is 8.02. The first-order chi connectivity index (χ1) is 11.7. The Balaban J connectivity index is 1.77. The molecule has 4 nitrogen and oxygen atoms in total. The van der Waals surface area contributed by atoms with E-state index < -0.39 is 0 Å². The van der Waals surface area contributed by atoms with Gasteiger partial charge >= 0.3 is 0 Å². The molecule has 4 heteroatoms. The summed E-state index contributed by atoms with van der Waals surface area (Å²) in [6, 6.07) is 9.70. The zero-order valence-electron chi connectivity index (χ0n) is 14.2. The maximum absolute atomic E-state index is 12.0. The number of ether oxygens (including phenoxy) is 2. The molecule has 1 heterocycles. The Morgan fingerprint density at radius 3 is 2.62 bits per heavy atom. The summed E-state index contributed by atoms with van der Waals surface area (Å²) in [6.07, 6.45) is 10.1. The van der Waals surface area contributed by atoms with E-state index in [9.17, 15) is 4.79 Å². The monoisotopic (exact) mass is 325 g/mol. The Bertz CT molecular complexity index is 681. The van der Waals surface area contributed by atoms with Gasteiger partial charge in [-0.2, -0.15) is 0 Å². The maximum Gasteiger partial charge on any atom is 0.160 e. The molecule has 2 aromatic rings. The Kier molecular flexibility index (Phi) is 7.02. The smallest absolute Gasteiger partial charge is 0.160 e. The number of allylic oxidation sites excluding steroid dienone is 2. The van der Waals surface area contributed by atoms with Crippen LogP contribution in [0.2, 0.25) is 0 Å². The molecule has 0 amide bonds. The van der Waals surface area contributed by atoms with Crippen molar-refractivity contribution in [2.75, 3.05) is 14.2 Å². The van der Waals surface area contributed by atoms with E-state index in [0.29, 0.717) is 24.3 Å². The first kappa shape index (κ1) is 17.7. The second kappa shape index (κ2) is 9.50. The molecule has 0 aliphatic carbocycles. The van der Waals surface area contributed by atoms with Gasteiger partial charge in [0.1, 0.15) is 0 Å². The van der Waals surface area contributed by atoms with Gasteiger partial charge in [0, 0.05) is 18.8 Å². The average Bonchev–Trinajstić information content (AvgIpc) is 2.64. The molecule has 0 saturated heterocycles. The molecule has 0 saturated carbocycles. The van der Waals surface area contributed by atoms with Crippen molar-refractivity contribution in [3.8, 4) is 11.5 Å². The molecule has 0 bridgehead atoms. The summed E-state index contributed by atoms with van der Waals surface area (Å²) < 4.78 is 10.5. The van der Waals surface area contributed by atoms with E-state index in [2.05, 4.69) is 4.98 Å². The Morgan fingerprint density at radius 2 is 1.92 bits per heavy atom. The molecule has 2 rings (SSSR count). The highest BCUT2D eigenvalue weighted by atomic mass is 16.5. The van der Waals surface area contributed by atoms with E-state index in [1.165, 1.54) is 5.56 Å². The normalized spacial score (nSPS) is 10.8. The third kappa shape index (κ3) is 5.54. The highest BCUT2D eigenvalue weighted by molar-refractivity contribution is 5.89. The third-order valence-corrected chi connectivity index (χ3v) is 3.73. The lowest BCUT2D eigenvalue weighted by Gasteiger charge is -2.09. The van der Waals surface area contributed by atoms with Crippen LogP contribution in [0.15, 0.2) is 54.9 Å². The van der Waals surface area contributed by atoms with Crippen LogP contribution in [0.25, 0.3) is 0 Å². The number of pyridine rings is 1. The zero-order chi connectivity index (χ0) is 17.2. The van der Waals surface area contributed by atoms with Crippen LogP contribution in [0, 0.1) is 0 Å². The van der Waals surface area contributed by atoms with Gasteiger partial charge in [0.05, 0.1) is 14.2 Å². The topological polar surface area (TPSA) is 48.4 Å². The van der Waals surface area contributed by atoms with E-state index >= 15 is 0 Å². The minimum Gasteiger partial charge on any atom is -0.493 e. The SMILES string of the molecule is COc1ccc(CCC(=O)/C=C/CCc2cccnc2)cc1OC. The number of hydrogen-bond acceptors (Lipinski definition) is 4. The molecule has 0 radical (unpaired) electrons. The van der Waals surface area contributed by atoms with Gasteiger partial charge < -0.3 is 9.47 Å². The molecule has 0 N–H and O–H groups in total. The number of carbonyl (C=O) groups is 1. The molecule has 126 valence electrons. The van der Waals surface area contributed by atoms with Crippen molar-refractivity contribution in [3.63, 3.8) is 0 Å². The van der Waals surface area contributed by atoms with Crippen molar-refractivity contribution < 1.29 is 14.3 Å². The van der Waals surface area contributed by atoms with Gasteiger partial charge in [0.2, 0.25) is 0 Å². The number of rotatable bonds is 9. The number of carbonyl (C=O) groups excluding carboxylic acids is 1. The van der Waals surface area contributed by atoms with Gasteiger partial charge in [0.25, 0.3) is 0 Å². The molecule has 0 atom stereocenters. The minimum atomic E-state index is 0.135. The zero-order valence-corrected chi connectivity index (χ0v) is 14.2. The molecule has 1 aromatic carbocycles. The fraction of sp³-hybridized carbons (Fsp3) is 0.300. The van der Waals surface area contributed by atoms with Gasteiger partial charge in [-0.3, -0.25) is 9.78 Å². The summed E-state index contributed by atoms with van der Waals surface area (Å²) in [5.74, 6) is 1.52. The number of aromatic nitrogens is 1. The molecule has 0 fully saturated rings. The highest BCUT2D eigenvalue weighted by Gasteiger charge is 2.05. The quantitative estimate of drug-likeness (QED) is 0.658. The van der Waals surface area contributed by atoms with Crippen molar-refractivity contribution in [3.05, 3.63) is 66.0 Å². The number of aryl methyl sites for hydroxylation is 2. The Labute approximate surface area is 143 Å². The highest BCUT2D eigenvalue weighted by Crippen LogP contribution is 2.27. The van der Waals surface area contributed by atoms with E-state index in [1.54, 1.807) is 26.5 Å². The molecule has 24 heavy (non-hydrogen) atoms. The third-order valence-electron chi connectivity index (χ3n) is 3.73. The Morgan fingerprint density at radius 1 is 1.08 bits per heavy atom. The number of hydrogen-bond donors (Lipinski definition) is 0. The largest absolute Gasteiger partial charge is 0.493 e. The van der Waals surface area contributed by atoms with Gasteiger partial charge in [-0.1, -0.05) is 18.2 Å². The second-order valence-electron chi connectivity index (χ2n) is 5.46. The molecule has 0 spiro atoms. The van der Waals surface area contributed by atoms with Crippen molar-refractivity contribution in [1.82, 2.24) is 4.98 Å². The lowest BCUT2D eigenvalue weighted by molar-refractivity contribution is -0.114. The van der Waals surface area contributed by atoms with Crippen LogP contribution in [-0.4, -0.2) is 25.0 Å². The summed E-state index contributed by atoms with van der Waals surface area (Å²) in [7, 11) is 3.22. The van der Waals surface area contributed by atoms with Crippen molar-refractivity contribution >= 4 is 5.78 Å². The van der Waals surface area contributed by atoms with Gasteiger partial charge in [-0.15, -0.1) is 0 Å².